The summed E-state index contributed by atoms with van der Waals surface area (Å²) >= 11 is 0. The maximum Gasteiger partial charge on any atom is 0.331 e. The summed E-state index contributed by atoms with van der Waals surface area (Å²) in [5, 5.41) is 22.2. The highest BCUT2D eigenvalue weighted by molar-refractivity contribution is 5.85. The summed E-state index contributed by atoms with van der Waals surface area (Å²) in [6.07, 6.45) is 10.5. The highest BCUT2D eigenvalue weighted by atomic mass is 16.5. The molecule has 7 atom stereocenters. The molecular weight excluding hydrogens is 356 g/mol. The molecule has 4 aliphatic carbocycles. The first-order chi connectivity index (χ1) is 13.3. The quantitative estimate of drug-likeness (QED) is 0.433. The number of ether oxygens (including phenoxy) is 1. The van der Waals surface area contributed by atoms with Crippen molar-refractivity contribution in [3.05, 3.63) is 23.3 Å². The van der Waals surface area contributed by atoms with E-state index in [0.29, 0.717) is 19.4 Å². The Labute approximate surface area is 165 Å². The fourth-order valence-corrected chi connectivity index (χ4v) is 7.79. The summed E-state index contributed by atoms with van der Waals surface area (Å²) in [6, 6.07) is 0. The molecule has 0 aromatic heterocycles. The van der Waals surface area contributed by atoms with Crippen molar-refractivity contribution in [1.82, 2.24) is 0 Å². The van der Waals surface area contributed by atoms with Gasteiger partial charge in [-0.25, -0.2) is 4.79 Å². The second kappa shape index (κ2) is 6.02. The van der Waals surface area contributed by atoms with E-state index in [1.807, 2.05) is 6.08 Å². The Kier molecular flexibility index (Phi) is 3.99. The lowest BCUT2D eigenvalue weighted by Crippen LogP contribution is -2.61. The number of carbonyl (C=O) groups excluding carboxylic acids is 2. The van der Waals surface area contributed by atoms with Gasteiger partial charge < -0.3 is 19.7 Å². The van der Waals surface area contributed by atoms with E-state index in [0.717, 1.165) is 56.0 Å². The van der Waals surface area contributed by atoms with E-state index in [1.165, 1.54) is 0 Å². The average Bonchev–Trinajstić information content (AvgIpc) is 3.22. The van der Waals surface area contributed by atoms with E-state index in [4.69, 9.17) is 4.74 Å². The number of aliphatic hydroxyl groups is 2. The topological polar surface area (TPSA) is 83.8 Å². The minimum Gasteiger partial charge on any atom is -0.458 e. The number of cyclic esters (lactones) is 1. The Morgan fingerprint density at radius 2 is 1.96 bits per heavy atom. The lowest BCUT2D eigenvalue weighted by Gasteiger charge is -2.61. The largest absolute Gasteiger partial charge is 0.458 e. The third kappa shape index (κ3) is 2.20. The van der Waals surface area contributed by atoms with Crippen LogP contribution < -0.4 is 0 Å². The van der Waals surface area contributed by atoms with Crippen LogP contribution >= 0.6 is 0 Å². The zero-order valence-corrected chi connectivity index (χ0v) is 16.5. The summed E-state index contributed by atoms with van der Waals surface area (Å²) < 4.78 is 5.17. The Bertz CT molecular complexity index is 784. The van der Waals surface area contributed by atoms with Gasteiger partial charge in [0.25, 0.3) is 0 Å². The van der Waals surface area contributed by atoms with Crippen molar-refractivity contribution in [2.75, 3.05) is 6.61 Å². The van der Waals surface area contributed by atoms with Crippen molar-refractivity contribution in [3.8, 4) is 0 Å². The molecule has 5 aliphatic rings. The number of allylic oxidation sites excluding steroid dienone is 1. The van der Waals surface area contributed by atoms with Crippen molar-refractivity contribution < 1.29 is 24.5 Å². The maximum atomic E-state index is 12.4. The van der Waals surface area contributed by atoms with Crippen LogP contribution in [0.25, 0.3) is 0 Å². The number of carbonyl (C=O) groups is 2. The zero-order chi connectivity index (χ0) is 19.7. The number of fused-ring (bicyclic) bond motifs is 5. The van der Waals surface area contributed by atoms with E-state index in [-0.39, 0.29) is 29.1 Å². The van der Waals surface area contributed by atoms with Gasteiger partial charge in [0.05, 0.1) is 17.1 Å². The molecule has 152 valence electrons. The first kappa shape index (κ1) is 18.6. The normalized spacial score (nSPS) is 50.0. The van der Waals surface area contributed by atoms with Crippen LogP contribution in [0.4, 0.5) is 0 Å². The molecule has 0 spiro atoms. The first-order valence-corrected chi connectivity index (χ1v) is 10.8. The van der Waals surface area contributed by atoms with Gasteiger partial charge in [0.1, 0.15) is 12.9 Å². The Balaban J connectivity index is 1.52. The van der Waals surface area contributed by atoms with E-state index in [9.17, 15) is 19.8 Å². The van der Waals surface area contributed by atoms with Gasteiger partial charge in [-0.1, -0.05) is 18.6 Å². The average molecular weight is 386 g/mol. The van der Waals surface area contributed by atoms with Crippen LogP contribution in [0, 0.1) is 28.6 Å². The van der Waals surface area contributed by atoms with Crippen LogP contribution in [-0.2, 0) is 14.3 Å². The molecular formula is C23H30O5. The lowest BCUT2D eigenvalue weighted by molar-refractivity contribution is -0.183. The molecule has 0 aromatic carbocycles. The fourth-order valence-electron chi connectivity index (χ4n) is 7.79. The predicted octanol–water partition coefficient (Wildman–Crippen LogP) is 2.70. The number of hydrogen-bond acceptors (Lipinski definition) is 5. The van der Waals surface area contributed by atoms with Crippen LogP contribution in [-0.4, -0.2) is 40.8 Å². The number of esters is 1. The molecule has 0 radical (unpaired) electrons. The number of aldehydes is 1. The summed E-state index contributed by atoms with van der Waals surface area (Å²) in [6.45, 7) is 2.54. The Hall–Kier alpha value is -1.46. The number of rotatable bonds is 2. The van der Waals surface area contributed by atoms with Crippen molar-refractivity contribution in [1.29, 1.82) is 0 Å². The second-order valence-electron chi connectivity index (χ2n) is 10.0. The standard InChI is InChI=1S/C23H30O5/c1-21-7-5-18-19(3-2-15-11-16(25)4-8-22(15,18)13-24)23(21,27)9-6-17(21)14-10-20(26)28-12-14/h10-11,13,16-19,25,27H,2-9,12H2,1H3/t16-,17+,18+,19+,21+,22+,23-/m0/s1. The predicted molar refractivity (Wildman–Crippen MR) is 102 cm³/mol. The minimum absolute atomic E-state index is 0.0902. The SMILES string of the molecule is C[C@]12CC[C@@H]3[C@@H](CCC4=C[C@@H](O)CC[C@@]43C=O)[C@@]1(O)CC[C@@H]2C1=CC(=O)OC1. The number of hydrogen-bond donors (Lipinski definition) is 2. The van der Waals surface area contributed by atoms with Crippen molar-refractivity contribution in [3.63, 3.8) is 0 Å². The van der Waals surface area contributed by atoms with Gasteiger partial charge in [-0.2, -0.15) is 0 Å². The molecule has 0 unspecified atom stereocenters. The van der Waals surface area contributed by atoms with Crippen LogP contribution in [0.2, 0.25) is 0 Å². The van der Waals surface area contributed by atoms with Crippen LogP contribution in [0.5, 0.6) is 0 Å². The van der Waals surface area contributed by atoms with E-state index in [2.05, 4.69) is 6.92 Å². The van der Waals surface area contributed by atoms with Gasteiger partial charge in [0.15, 0.2) is 0 Å². The molecule has 2 N–H and O–H groups in total. The molecule has 5 heteroatoms. The third-order valence-corrected chi connectivity index (χ3v) is 9.22. The highest BCUT2D eigenvalue weighted by Gasteiger charge is 2.67. The van der Waals surface area contributed by atoms with Crippen molar-refractivity contribution >= 4 is 12.3 Å². The fraction of sp³-hybridized carbons (Fsp3) is 0.739. The molecule has 5 nitrogen and oxygen atoms in total. The molecule has 0 saturated heterocycles. The van der Waals surface area contributed by atoms with Gasteiger partial charge >= 0.3 is 5.97 Å². The highest BCUT2D eigenvalue weighted by Crippen LogP contribution is 2.69. The van der Waals surface area contributed by atoms with E-state index < -0.39 is 17.1 Å². The lowest BCUT2D eigenvalue weighted by atomic mass is 9.45. The molecule has 5 rings (SSSR count). The summed E-state index contributed by atoms with van der Waals surface area (Å²) in [7, 11) is 0. The van der Waals surface area contributed by atoms with Crippen molar-refractivity contribution in [2.45, 2.75) is 70.0 Å². The van der Waals surface area contributed by atoms with Gasteiger partial charge in [-0.15, -0.1) is 0 Å². The monoisotopic (exact) mass is 386 g/mol. The first-order valence-electron chi connectivity index (χ1n) is 10.8. The van der Waals surface area contributed by atoms with E-state index in [1.54, 1.807) is 6.08 Å². The molecule has 0 amide bonds. The molecule has 1 aliphatic heterocycles. The Morgan fingerprint density at radius 1 is 1.14 bits per heavy atom. The van der Waals surface area contributed by atoms with Gasteiger partial charge in [0.2, 0.25) is 0 Å². The van der Waals surface area contributed by atoms with Crippen LogP contribution in [0.1, 0.15) is 58.3 Å². The maximum absolute atomic E-state index is 12.4. The molecule has 0 bridgehead atoms. The van der Waals surface area contributed by atoms with Crippen LogP contribution in [0.3, 0.4) is 0 Å². The molecule has 3 fully saturated rings. The summed E-state index contributed by atoms with van der Waals surface area (Å²) in [4.78, 5) is 24.0. The molecule has 1 heterocycles. The smallest absolute Gasteiger partial charge is 0.331 e. The molecule has 3 saturated carbocycles. The Morgan fingerprint density at radius 3 is 2.68 bits per heavy atom. The van der Waals surface area contributed by atoms with Gasteiger partial charge in [-0.05, 0) is 74.7 Å². The second-order valence-corrected chi connectivity index (χ2v) is 10.0. The summed E-state index contributed by atoms with van der Waals surface area (Å²) in [5.41, 5.74) is 0.520. The summed E-state index contributed by atoms with van der Waals surface area (Å²) in [5.74, 6) is 0.135. The molecule has 28 heavy (non-hydrogen) atoms. The van der Waals surface area contributed by atoms with Crippen molar-refractivity contribution in [2.24, 2.45) is 28.6 Å². The zero-order valence-electron chi connectivity index (χ0n) is 16.5. The third-order valence-electron chi connectivity index (χ3n) is 9.22. The number of aliphatic hydroxyl groups excluding tert-OH is 1. The van der Waals surface area contributed by atoms with Gasteiger partial charge in [-0.3, -0.25) is 0 Å². The molecule has 0 aromatic rings. The van der Waals surface area contributed by atoms with E-state index >= 15 is 0 Å². The van der Waals surface area contributed by atoms with Crippen LogP contribution in [0.15, 0.2) is 23.3 Å². The van der Waals surface area contributed by atoms with Gasteiger partial charge in [0, 0.05) is 11.5 Å². The minimum atomic E-state index is -0.815.